The topological polar surface area (TPSA) is 66.3 Å². The van der Waals surface area contributed by atoms with Gasteiger partial charge in [-0.25, -0.2) is 4.98 Å². The van der Waals surface area contributed by atoms with Gasteiger partial charge in [0, 0.05) is 70.6 Å². The van der Waals surface area contributed by atoms with Crippen molar-refractivity contribution in [1.29, 1.82) is 0 Å². The lowest BCUT2D eigenvalue weighted by Gasteiger charge is -2.24. The predicted octanol–water partition coefficient (Wildman–Crippen LogP) is 1.72. The fraction of sp³-hybridized carbons (Fsp3) is 0.550. The Morgan fingerprint density at radius 2 is 2.00 bits per heavy atom. The zero-order valence-corrected chi connectivity index (χ0v) is 16.1. The largest absolute Gasteiger partial charge is 0.357 e. The number of amides is 1. The van der Waals surface area contributed by atoms with Crippen LogP contribution in [0.4, 0.5) is 5.82 Å². The van der Waals surface area contributed by atoms with Gasteiger partial charge in [0.2, 0.25) is 5.91 Å². The van der Waals surface area contributed by atoms with Crippen molar-refractivity contribution in [3.8, 4) is 0 Å². The molecule has 0 aliphatic carbocycles. The van der Waals surface area contributed by atoms with Crippen LogP contribution in [0.3, 0.4) is 0 Å². The van der Waals surface area contributed by atoms with Crippen LogP contribution in [-0.4, -0.2) is 52.3 Å². The first kappa shape index (κ1) is 18.0. The van der Waals surface area contributed by atoms with Crippen LogP contribution in [0.5, 0.6) is 0 Å². The van der Waals surface area contributed by atoms with Crippen LogP contribution >= 0.6 is 0 Å². The molecule has 0 spiro atoms. The minimum atomic E-state index is 0.0920. The van der Waals surface area contributed by atoms with E-state index in [1.807, 2.05) is 37.6 Å². The van der Waals surface area contributed by atoms with Gasteiger partial charge in [-0.3, -0.25) is 9.48 Å². The normalized spacial score (nSPS) is 22.8. The molecule has 2 fully saturated rings. The van der Waals surface area contributed by atoms with Crippen molar-refractivity contribution in [1.82, 2.24) is 25.0 Å². The smallest absolute Gasteiger partial charge is 0.223 e. The van der Waals surface area contributed by atoms with Crippen LogP contribution in [-0.2, 0) is 18.4 Å². The summed E-state index contributed by atoms with van der Waals surface area (Å²) in [6.07, 6.45) is 8.94. The molecule has 0 aromatic carbocycles. The van der Waals surface area contributed by atoms with Gasteiger partial charge in [-0.15, -0.1) is 0 Å². The number of rotatable bonds is 6. The van der Waals surface area contributed by atoms with Crippen LogP contribution < -0.4 is 10.2 Å². The second-order valence-electron chi connectivity index (χ2n) is 7.71. The Morgan fingerprint density at radius 3 is 2.67 bits per heavy atom. The van der Waals surface area contributed by atoms with E-state index in [4.69, 9.17) is 0 Å². The summed E-state index contributed by atoms with van der Waals surface area (Å²) in [6.45, 7) is 3.79. The number of aromatic nitrogens is 3. The lowest BCUT2D eigenvalue weighted by Crippen LogP contribution is -2.29. The van der Waals surface area contributed by atoms with Gasteiger partial charge in [-0.2, -0.15) is 5.10 Å². The number of aryl methyl sites for hydroxylation is 1. The third-order valence-electron chi connectivity index (χ3n) is 5.74. The van der Waals surface area contributed by atoms with Crippen LogP contribution in [0, 0.1) is 5.92 Å². The molecule has 1 amide bonds. The van der Waals surface area contributed by atoms with Crippen molar-refractivity contribution >= 4 is 11.7 Å². The van der Waals surface area contributed by atoms with Gasteiger partial charge in [0.15, 0.2) is 0 Å². The molecule has 0 unspecified atom stereocenters. The summed E-state index contributed by atoms with van der Waals surface area (Å²) in [6, 6.07) is 4.36. The summed E-state index contributed by atoms with van der Waals surface area (Å²) in [5, 5.41) is 7.79. The minimum Gasteiger partial charge on any atom is -0.357 e. The van der Waals surface area contributed by atoms with E-state index in [1.165, 1.54) is 18.4 Å². The van der Waals surface area contributed by atoms with Crippen LogP contribution in [0.15, 0.2) is 30.7 Å². The average molecular weight is 368 g/mol. The Bertz CT molecular complexity index is 780. The highest BCUT2D eigenvalue weighted by atomic mass is 16.2. The second kappa shape index (κ2) is 7.68. The van der Waals surface area contributed by atoms with E-state index in [0.29, 0.717) is 6.42 Å². The van der Waals surface area contributed by atoms with E-state index in [2.05, 4.69) is 32.4 Å². The fourth-order valence-electron chi connectivity index (χ4n) is 4.28. The van der Waals surface area contributed by atoms with Gasteiger partial charge in [-0.05, 0) is 24.5 Å². The molecule has 2 aromatic rings. The molecule has 144 valence electrons. The summed E-state index contributed by atoms with van der Waals surface area (Å²) >= 11 is 0. The van der Waals surface area contributed by atoms with Gasteiger partial charge in [-0.1, -0.05) is 6.07 Å². The summed E-state index contributed by atoms with van der Waals surface area (Å²) in [7, 11) is 3.80. The number of likely N-dealkylation sites (tertiary alicyclic amines) is 1. The molecule has 1 N–H and O–H groups in total. The SMILES string of the molecule is CN1C(=O)C[C@@H](CNCc2ccc(N3CCCC3)nc2)[C@@H]1c1cnn(C)c1. The first-order chi connectivity index (χ1) is 13.1. The van der Waals surface area contributed by atoms with Gasteiger partial charge in [0.25, 0.3) is 0 Å². The maximum absolute atomic E-state index is 12.2. The number of anilines is 1. The molecule has 2 atom stereocenters. The zero-order chi connectivity index (χ0) is 18.8. The monoisotopic (exact) mass is 368 g/mol. The Balaban J connectivity index is 1.34. The number of carbonyl (C=O) groups excluding carboxylic acids is 1. The van der Waals surface area contributed by atoms with E-state index >= 15 is 0 Å². The van der Waals surface area contributed by atoms with Crippen molar-refractivity contribution in [2.45, 2.75) is 31.8 Å². The highest BCUT2D eigenvalue weighted by Gasteiger charge is 2.38. The van der Waals surface area contributed by atoms with Crippen LogP contribution in [0.25, 0.3) is 0 Å². The predicted molar refractivity (Wildman–Crippen MR) is 104 cm³/mol. The number of nitrogens with zero attached hydrogens (tertiary/aromatic N) is 5. The molecule has 2 aromatic heterocycles. The van der Waals surface area contributed by atoms with Gasteiger partial charge in [0.05, 0.1) is 12.2 Å². The Hall–Kier alpha value is -2.41. The molecule has 0 radical (unpaired) electrons. The quantitative estimate of drug-likeness (QED) is 0.841. The molecule has 7 nitrogen and oxygen atoms in total. The second-order valence-corrected chi connectivity index (χ2v) is 7.71. The Morgan fingerprint density at radius 1 is 1.19 bits per heavy atom. The molecular weight excluding hydrogens is 340 g/mol. The standard InChI is InChI=1S/C20H28N6O/c1-24-14-17(13-23-24)20-16(9-19(27)25(20)2)12-21-10-15-5-6-18(22-11-15)26-7-3-4-8-26/h5-6,11,13-14,16,20-21H,3-4,7-10,12H2,1-2H3/t16-,20+/m0/s1. The van der Waals surface area contributed by atoms with E-state index in [1.54, 1.807) is 4.68 Å². The average Bonchev–Trinajstić information content (AvgIpc) is 3.39. The number of nitrogens with one attached hydrogen (secondary N) is 1. The summed E-state index contributed by atoms with van der Waals surface area (Å²) < 4.78 is 1.80. The third-order valence-corrected chi connectivity index (χ3v) is 5.74. The van der Waals surface area contributed by atoms with E-state index in [0.717, 1.165) is 37.6 Å². The van der Waals surface area contributed by atoms with E-state index in [9.17, 15) is 4.79 Å². The van der Waals surface area contributed by atoms with Crippen molar-refractivity contribution in [2.24, 2.45) is 13.0 Å². The first-order valence-corrected chi connectivity index (χ1v) is 9.76. The first-order valence-electron chi connectivity index (χ1n) is 9.76. The fourth-order valence-corrected chi connectivity index (χ4v) is 4.28. The molecule has 0 bridgehead atoms. The van der Waals surface area contributed by atoms with E-state index < -0.39 is 0 Å². The molecule has 7 heteroatoms. The van der Waals surface area contributed by atoms with Crippen LogP contribution in [0.2, 0.25) is 0 Å². The highest BCUT2D eigenvalue weighted by molar-refractivity contribution is 5.79. The molecule has 0 saturated carbocycles. The Labute approximate surface area is 160 Å². The maximum Gasteiger partial charge on any atom is 0.223 e. The van der Waals surface area contributed by atoms with Gasteiger partial charge < -0.3 is 15.1 Å². The minimum absolute atomic E-state index is 0.0920. The summed E-state index contributed by atoms with van der Waals surface area (Å²) in [5.41, 5.74) is 2.28. The Kier molecular flexibility index (Phi) is 5.11. The zero-order valence-electron chi connectivity index (χ0n) is 16.1. The third kappa shape index (κ3) is 3.83. The summed E-state index contributed by atoms with van der Waals surface area (Å²) in [4.78, 5) is 21.0. The number of carbonyl (C=O) groups is 1. The lowest BCUT2D eigenvalue weighted by molar-refractivity contribution is -0.127. The maximum atomic E-state index is 12.2. The molecule has 4 rings (SSSR count). The molecule has 27 heavy (non-hydrogen) atoms. The summed E-state index contributed by atoms with van der Waals surface area (Å²) in [5.74, 6) is 1.53. The molecular formula is C20H28N6O. The highest BCUT2D eigenvalue weighted by Crippen LogP contribution is 2.36. The van der Waals surface area contributed by atoms with Crippen LogP contribution in [0.1, 0.15) is 36.4 Å². The molecule has 2 aliphatic rings. The van der Waals surface area contributed by atoms with Gasteiger partial charge >= 0.3 is 0 Å². The van der Waals surface area contributed by atoms with Crippen molar-refractivity contribution in [3.05, 3.63) is 41.9 Å². The molecule has 2 saturated heterocycles. The van der Waals surface area contributed by atoms with E-state index in [-0.39, 0.29) is 17.9 Å². The van der Waals surface area contributed by atoms with Crippen molar-refractivity contribution < 1.29 is 4.79 Å². The number of pyridine rings is 1. The van der Waals surface area contributed by atoms with Crippen molar-refractivity contribution in [3.63, 3.8) is 0 Å². The van der Waals surface area contributed by atoms with Crippen molar-refractivity contribution in [2.75, 3.05) is 31.6 Å². The lowest BCUT2D eigenvalue weighted by atomic mass is 9.95. The molecule has 2 aliphatic heterocycles. The number of hydrogen-bond donors (Lipinski definition) is 1. The van der Waals surface area contributed by atoms with Gasteiger partial charge in [0.1, 0.15) is 5.82 Å². The molecule has 4 heterocycles. The number of hydrogen-bond acceptors (Lipinski definition) is 5.